The maximum Gasteiger partial charge on any atom is 0.296 e. The van der Waals surface area contributed by atoms with Crippen LogP contribution in [0.4, 0.5) is 0 Å². The molecule has 1 unspecified atom stereocenters. The second kappa shape index (κ2) is 8.93. The van der Waals surface area contributed by atoms with Gasteiger partial charge in [0, 0.05) is 6.20 Å². The molecule has 0 spiro atoms. The first-order valence-electron chi connectivity index (χ1n) is 10.0. The van der Waals surface area contributed by atoms with Crippen molar-refractivity contribution in [2.45, 2.75) is 12.6 Å². The monoisotopic (exact) mass is 430 g/mol. The van der Waals surface area contributed by atoms with E-state index in [1.54, 1.807) is 36.5 Å². The van der Waals surface area contributed by atoms with E-state index in [1.165, 1.54) is 19.1 Å². The zero-order valence-electron chi connectivity index (χ0n) is 17.7. The van der Waals surface area contributed by atoms with Gasteiger partial charge in [0.15, 0.2) is 0 Å². The number of carbonyl (C=O) groups excluding carboxylic acids is 2. The maximum absolute atomic E-state index is 13.2. The molecule has 3 aromatic rings. The minimum absolute atomic E-state index is 0.0105. The van der Waals surface area contributed by atoms with Crippen molar-refractivity contribution in [3.63, 3.8) is 0 Å². The topological polar surface area (TPSA) is 89.0 Å². The van der Waals surface area contributed by atoms with E-state index in [0.29, 0.717) is 22.8 Å². The summed E-state index contributed by atoms with van der Waals surface area (Å²) in [4.78, 5) is 31.9. The number of amides is 1. The van der Waals surface area contributed by atoms with Crippen LogP contribution >= 0.6 is 0 Å². The molecule has 1 aliphatic rings. The van der Waals surface area contributed by atoms with Crippen LogP contribution in [0.1, 0.15) is 22.9 Å². The Kier molecular flexibility index (Phi) is 5.89. The van der Waals surface area contributed by atoms with Crippen LogP contribution < -0.4 is 9.47 Å². The van der Waals surface area contributed by atoms with Gasteiger partial charge in [0.05, 0.1) is 43.6 Å². The van der Waals surface area contributed by atoms with Crippen molar-refractivity contribution >= 4 is 17.4 Å². The number of ether oxygens (including phenoxy) is 2. The Labute approximate surface area is 185 Å². The number of benzene rings is 2. The molecule has 1 saturated heterocycles. The first-order valence-corrected chi connectivity index (χ1v) is 10.0. The molecular formula is C25H22N2O5. The van der Waals surface area contributed by atoms with E-state index < -0.39 is 17.7 Å². The molecule has 2 heterocycles. The van der Waals surface area contributed by atoms with Gasteiger partial charge in [-0.15, -0.1) is 0 Å². The average Bonchev–Trinajstić information content (AvgIpc) is 3.09. The van der Waals surface area contributed by atoms with Gasteiger partial charge in [-0.3, -0.25) is 14.6 Å². The van der Waals surface area contributed by atoms with E-state index in [0.717, 1.165) is 0 Å². The highest BCUT2D eigenvalue weighted by molar-refractivity contribution is 6.46. The number of carbonyl (C=O) groups is 2. The second-order valence-electron chi connectivity index (χ2n) is 7.22. The Morgan fingerprint density at radius 2 is 1.75 bits per heavy atom. The van der Waals surface area contributed by atoms with Crippen LogP contribution in [-0.2, 0) is 16.1 Å². The normalized spacial score (nSPS) is 17.4. The van der Waals surface area contributed by atoms with Crippen LogP contribution in [0.3, 0.4) is 0 Å². The molecular weight excluding hydrogens is 408 g/mol. The summed E-state index contributed by atoms with van der Waals surface area (Å²) in [6, 6.07) is 18.6. The van der Waals surface area contributed by atoms with Gasteiger partial charge in [-0.05, 0) is 35.9 Å². The van der Waals surface area contributed by atoms with E-state index in [1.807, 2.05) is 36.4 Å². The van der Waals surface area contributed by atoms with Gasteiger partial charge in [0.1, 0.15) is 17.3 Å². The van der Waals surface area contributed by atoms with E-state index in [4.69, 9.17) is 9.47 Å². The third kappa shape index (κ3) is 3.80. The number of rotatable bonds is 6. The van der Waals surface area contributed by atoms with Gasteiger partial charge in [0.2, 0.25) is 0 Å². The summed E-state index contributed by atoms with van der Waals surface area (Å²) >= 11 is 0. The largest absolute Gasteiger partial charge is 0.507 e. The molecule has 1 N–H and O–H groups in total. The summed E-state index contributed by atoms with van der Waals surface area (Å²) in [6.07, 6.45) is 1.63. The number of hydrogen-bond acceptors (Lipinski definition) is 6. The molecule has 0 radical (unpaired) electrons. The summed E-state index contributed by atoms with van der Waals surface area (Å²) in [5.41, 5.74) is 1.59. The molecule has 0 bridgehead atoms. The Balaban J connectivity index is 1.90. The molecule has 1 aromatic heterocycles. The molecule has 2 aromatic carbocycles. The van der Waals surface area contributed by atoms with Crippen LogP contribution in [0.2, 0.25) is 0 Å². The molecule has 1 atom stereocenters. The van der Waals surface area contributed by atoms with Crippen LogP contribution in [0.25, 0.3) is 5.76 Å². The summed E-state index contributed by atoms with van der Waals surface area (Å²) < 4.78 is 10.6. The second-order valence-corrected chi connectivity index (χ2v) is 7.22. The Morgan fingerprint density at radius 3 is 2.41 bits per heavy atom. The van der Waals surface area contributed by atoms with E-state index in [9.17, 15) is 14.7 Å². The van der Waals surface area contributed by atoms with Crippen molar-refractivity contribution in [2.24, 2.45) is 0 Å². The number of methoxy groups -OCH3 is 2. The lowest BCUT2D eigenvalue weighted by Crippen LogP contribution is -2.29. The lowest BCUT2D eigenvalue weighted by atomic mass is 9.95. The third-order valence-corrected chi connectivity index (χ3v) is 5.38. The summed E-state index contributed by atoms with van der Waals surface area (Å²) in [5, 5.41) is 11.3. The summed E-state index contributed by atoms with van der Waals surface area (Å²) in [6.45, 7) is 0.122. The predicted octanol–water partition coefficient (Wildman–Crippen LogP) is 3.72. The van der Waals surface area contributed by atoms with Crippen LogP contribution in [0.15, 0.2) is 78.5 Å². The van der Waals surface area contributed by atoms with Crippen molar-refractivity contribution in [1.82, 2.24) is 9.88 Å². The minimum Gasteiger partial charge on any atom is -0.507 e. The molecule has 162 valence electrons. The van der Waals surface area contributed by atoms with Gasteiger partial charge in [-0.1, -0.05) is 36.4 Å². The van der Waals surface area contributed by atoms with E-state index >= 15 is 0 Å². The quantitative estimate of drug-likeness (QED) is 0.364. The van der Waals surface area contributed by atoms with E-state index in [2.05, 4.69) is 4.98 Å². The zero-order chi connectivity index (χ0) is 22.7. The van der Waals surface area contributed by atoms with Gasteiger partial charge in [-0.2, -0.15) is 0 Å². The first kappa shape index (κ1) is 21.1. The van der Waals surface area contributed by atoms with Crippen LogP contribution in [0, 0.1) is 0 Å². The number of aliphatic hydroxyl groups excluding tert-OH is 1. The Morgan fingerprint density at radius 1 is 1.00 bits per heavy atom. The van der Waals surface area contributed by atoms with Crippen LogP contribution in [-0.4, -0.2) is 40.9 Å². The van der Waals surface area contributed by atoms with Gasteiger partial charge < -0.3 is 19.5 Å². The molecule has 0 saturated carbocycles. The molecule has 4 rings (SSSR count). The molecule has 7 heteroatoms. The van der Waals surface area contributed by atoms with Gasteiger partial charge in [-0.25, -0.2) is 0 Å². The number of nitrogens with zero attached hydrogens (tertiary/aromatic N) is 2. The first-order chi connectivity index (χ1) is 15.5. The Bertz CT molecular complexity index is 1180. The van der Waals surface area contributed by atoms with Gasteiger partial charge in [0.25, 0.3) is 11.7 Å². The molecule has 7 nitrogen and oxygen atoms in total. The lowest BCUT2D eigenvalue weighted by molar-refractivity contribution is -0.140. The molecule has 0 aliphatic carbocycles. The van der Waals surface area contributed by atoms with Crippen molar-refractivity contribution in [1.29, 1.82) is 0 Å². The van der Waals surface area contributed by atoms with Crippen molar-refractivity contribution < 1.29 is 24.2 Å². The fourth-order valence-corrected chi connectivity index (χ4v) is 3.84. The smallest absolute Gasteiger partial charge is 0.296 e. The van der Waals surface area contributed by atoms with Crippen molar-refractivity contribution in [3.05, 3.63) is 95.3 Å². The van der Waals surface area contributed by atoms with Gasteiger partial charge >= 0.3 is 0 Å². The van der Waals surface area contributed by atoms with Crippen molar-refractivity contribution in [2.75, 3.05) is 14.2 Å². The maximum atomic E-state index is 13.2. The number of ketones is 1. The van der Waals surface area contributed by atoms with Crippen molar-refractivity contribution in [3.8, 4) is 11.5 Å². The average molecular weight is 430 g/mol. The van der Waals surface area contributed by atoms with E-state index in [-0.39, 0.29) is 23.4 Å². The highest BCUT2D eigenvalue weighted by Gasteiger charge is 2.46. The molecule has 1 aliphatic heterocycles. The minimum atomic E-state index is -0.783. The number of Topliss-reactive ketones (excluding diaryl/α,β-unsaturated/α-hetero) is 1. The fourth-order valence-electron chi connectivity index (χ4n) is 3.84. The molecule has 1 fully saturated rings. The summed E-state index contributed by atoms with van der Waals surface area (Å²) in [5.74, 6) is -0.959. The lowest BCUT2D eigenvalue weighted by Gasteiger charge is -2.25. The fraction of sp³-hybridized carbons (Fsp3) is 0.160. The standard InChI is InChI=1S/C25H22N2O5/c1-31-18-11-12-20(32-2)19(14-18)23(28)21-22(16-8-4-3-5-9-16)27(25(30)24(21)29)15-17-10-6-7-13-26-17/h3-14,22,28H,15H2,1-2H3/b23-21+. The number of aromatic nitrogens is 1. The van der Waals surface area contributed by atoms with Crippen LogP contribution in [0.5, 0.6) is 11.5 Å². The highest BCUT2D eigenvalue weighted by Crippen LogP contribution is 2.42. The number of hydrogen-bond donors (Lipinski definition) is 1. The third-order valence-electron chi connectivity index (χ3n) is 5.38. The molecule has 1 amide bonds. The predicted molar refractivity (Wildman–Crippen MR) is 118 cm³/mol. The number of pyridine rings is 1. The number of likely N-dealkylation sites (tertiary alicyclic amines) is 1. The Hall–Kier alpha value is -4.13. The molecule has 32 heavy (non-hydrogen) atoms. The number of aliphatic hydroxyl groups is 1. The SMILES string of the molecule is COc1ccc(OC)c(/C(O)=C2\C(=O)C(=O)N(Cc3ccccn3)C2c2ccccc2)c1. The highest BCUT2D eigenvalue weighted by atomic mass is 16.5. The zero-order valence-corrected chi connectivity index (χ0v) is 17.7. The summed E-state index contributed by atoms with van der Waals surface area (Å²) in [7, 11) is 2.97.